The van der Waals surface area contributed by atoms with Crippen LogP contribution in [0.15, 0.2) is 24.3 Å². The van der Waals surface area contributed by atoms with Gasteiger partial charge in [0.15, 0.2) is 0 Å². The first kappa shape index (κ1) is 13.5. The lowest BCUT2D eigenvalue weighted by molar-refractivity contribution is 0.0951. The summed E-state index contributed by atoms with van der Waals surface area (Å²) in [6.07, 6.45) is 3.60. The highest BCUT2D eigenvalue weighted by Crippen LogP contribution is 2.30. The van der Waals surface area contributed by atoms with Gasteiger partial charge in [0, 0.05) is 9.75 Å². The van der Waals surface area contributed by atoms with Gasteiger partial charge in [-0.15, -0.1) is 11.3 Å². The van der Waals surface area contributed by atoms with Crippen molar-refractivity contribution in [3.63, 3.8) is 0 Å². The highest BCUT2D eigenvalue weighted by molar-refractivity contribution is 7.12. The number of thiophene rings is 1. The molecule has 3 nitrogen and oxygen atoms in total. The number of hydrogen-bond acceptors (Lipinski definition) is 3. The van der Waals surface area contributed by atoms with Gasteiger partial charge in [0.05, 0.1) is 22.8 Å². The Bertz CT molecular complexity index is 644. The smallest absolute Gasteiger partial charge is 0.253 e. The van der Waals surface area contributed by atoms with Crippen LogP contribution in [-0.4, -0.2) is 5.91 Å². The summed E-state index contributed by atoms with van der Waals surface area (Å²) in [5, 5.41) is 3.22. The Morgan fingerprint density at radius 2 is 2.25 bits per heavy atom. The number of hydrogen-bond donors (Lipinski definition) is 2. The minimum Gasteiger partial charge on any atom is -0.398 e. The minimum atomic E-state index is -0.184. The third kappa shape index (κ3) is 2.53. The predicted molar refractivity (Wildman–Crippen MR) is 83.4 cm³/mol. The summed E-state index contributed by atoms with van der Waals surface area (Å²) in [7, 11) is 0. The first-order valence-corrected chi connectivity index (χ1v) is 7.77. The average Bonchev–Trinajstić information content (AvgIpc) is 3.00. The van der Waals surface area contributed by atoms with Gasteiger partial charge in [0.2, 0.25) is 0 Å². The Kier molecular flexibility index (Phi) is 3.68. The van der Waals surface area contributed by atoms with E-state index in [1.165, 1.54) is 34.6 Å². The molecule has 1 aromatic heterocycles. The van der Waals surface area contributed by atoms with E-state index >= 15 is 0 Å². The predicted octanol–water partition coefficient (Wildman–Crippen LogP) is 3.40. The molecule has 0 bridgehead atoms. The van der Waals surface area contributed by atoms with E-state index < -0.39 is 0 Å². The molecule has 0 radical (unpaired) electrons. The van der Waals surface area contributed by atoms with Gasteiger partial charge >= 0.3 is 0 Å². The summed E-state index contributed by atoms with van der Waals surface area (Å²) < 4.78 is 0. The third-order valence-corrected chi connectivity index (χ3v) is 5.15. The van der Waals surface area contributed by atoms with Crippen LogP contribution in [0.2, 0.25) is 5.02 Å². The van der Waals surface area contributed by atoms with Crippen molar-refractivity contribution in [3.8, 4) is 0 Å². The molecule has 1 aliphatic rings. The number of carbonyl (C=O) groups is 1. The lowest BCUT2D eigenvalue weighted by Gasteiger charge is -2.07. The molecule has 5 heteroatoms. The molecular weight excluding hydrogens is 292 g/mol. The van der Waals surface area contributed by atoms with Crippen LogP contribution in [0.4, 0.5) is 5.69 Å². The first-order valence-electron chi connectivity index (χ1n) is 6.58. The van der Waals surface area contributed by atoms with Gasteiger partial charge < -0.3 is 11.1 Å². The number of nitrogen functional groups attached to an aromatic ring is 1. The minimum absolute atomic E-state index is 0.184. The molecule has 1 heterocycles. The number of anilines is 1. The van der Waals surface area contributed by atoms with Crippen LogP contribution in [0.25, 0.3) is 0 Å². The van der Waals surface area contributed by atoms with Crippen LogP contribution >= 0.6 is 22.9 Å². The van der Waals surface area contributed by atoms with E-state index in [0.29, 0.717) is 22.8 Å². The van der Waals surface area contributed by atoms with Crippen molar-refractivity contribution >= 4 is 34.5 Å². The zero-order chi connectivity index (χ0) is 14.1. The summed E-state index contributed by atoms with van der Waals surface area (Å²) in [5.74, 6) is -0.184. The van der Waals surface area contributed by atoms with E-state index in [-0.39, 0.29) is 5.91 Å². The molecule has 3 N–H and O–H groups in total. The van der Waals surface area contributed by atoms with Crippen LogP contribution in [0.1, 0.15) is 32.1 Å². The van der Waals surface area contributed by atoms with Gasteiger partial charge in [-0.25, -0.2) is 0 Å². The SMILES string of the molecule is Nc1cccc(C(=O)NCc2cc3c(s2)CCC3)c1Cl. The molecule has 0 aliphatic heterocycles. The Balaban J connectivity index is 1.68. The molecule has 2 aromatic rings. The second kappa shape index (κ2) is 5.46. The molecule has 0 atom stereocenters. The summed E-state index contributed by atoms with van der Waals surface area (Å²) in [5.41, 5.74) is 8.00. The molecule has 104 valence electrons. The zero-order valence-corrected chi connectivity index (χ0v) is 12.5. The topological polar surface area (TPSA) is 55.1 Å². The summed E-state index contributed by atoms with van der Waals surface area (Å²) in [6.45, 7) is 0.543. The van der Waals surface area contributed by atoms with E-state index in [4.69, 9.17) is 17.3 Å². The summed E-state index contributed by atoms with van der Waals surface area (Å²) in [4.78, 5) is 14.8. The fraction of sp³-hybridized carbons (Fsp3) is 0.267. The van der Waals surface area contributed by atoms with Crippen molar-refractivity contribution in [2.24, 2.45) is 0 Å². The number of rotatable bonds is 3. The Labute approximate surface area is 126 Å². The normalized spacial score (nSPS) is 13.2. The van der Waals surface area contributed by atoms with Crippen molar-refractivity contribution in [1.82, 2.24) is 5.32 Å². The fourth-order valence-corrected chi connectivity index (χ4v) is 3.88. The van der Waals surface area contributed by atoms with Gasteiger partial charge in [-0.3, -0.25) is 4.79 Å². The van der Waals surface area contributed by atoms with Crippen molar-refractivity contribution in [3.05, 3.63) is 50.2 Å². The maximum absolute atomic E-state index is 12.1. The van der Waals surface area contributed by atoms with Gasteiger partial charge in [0.1, 0.15) is 0 Å². The van der Waals surface area contributed by atoms with E-state index in [9.17, 15) is 4.79 Å². The molecule has 3 rings (SSSR count). The molecule has 0 unspecified atom stereocenters. The molecule has 1 amide bonds. The fourth-order valence-electron chi connectivity index (χ4n) is 2.47. The number of carbonyl (C=O) groups excluding carboxylic acids is 1. The van der Waals surface area contributed by atoms with E-state index in [2.05, 4.69) is 11.4 Å². The molecule has 0 saturated carbocycles. The van der Waals surface area contributed by atoms with Crippen molar-refractivity contribution in [1.29, 1.82) is 0 Å². The second-order valence-electron chi connectivity index (χ2n) is 4.91. The Morgan fingerprint density at radius 1 is 1.40 bits per heavy atom. The molecule has 1 aliphatic carbocycles. The zero-order valence-electron chi connectivity index (χ0n) is 10.9. The summed E-state index contributed by atoms with van der Waals surface area (Å²) >= 11 is 7.84. The number of nitrogens with two attached hydrogens (primary N) is 1. The van der Waals surface area contributed by atoms with Crippen molar-refractivity contribution < 1.29 is 4.79 Å². The van der Waals surface area contributed by atoms with Crippen molar-refractivity contribution in [2.75, 3.05) is 5.73 Å². The maximum Gasteiger partial charge on any atom is 0.253 e. The number of fused-ring (bicyclic) bond motifs is 1. The van der Waals surface area contributed by atoms with Crippen LogP contribution in [0.3, 0.4) is 0 Å². The largest absolute Gasteiger partial charge is 0.398 e. The van der Waals surface area contributed by atoms with Gasteiger partial charge in [-0.2, -0.15) is 0 Å². The van der Waals surface area contributed by atoms with E-state index in [1.54, 1.807) is 29.5 Å². The van der Waals surface area contributed by atoms with Gasteiger partial charge in [-0.1, -0.05) is 17.7 Å². The van der Waals surface area contributed by atoms with Crippen LogP contribution in [0, 0.1) is 0 Å². The lowest BCUT2D eigenvalue weighted by atomic mass is 10.2. The number of halogens is 1. The monoisotopic (exact) mass is 306 g/mol. The van der Waals surface area contributed by atoms with E-state index in [0.717, 1.165) is 0 Å². The molecule has 0 spiro atoms. The summed E-state index contributed by atoms with van der Waals surface area (Å²) in [6, 6.07) is 7.30. The van der Waals surface area contributed by atoms with Crippen LogP contribution < -0.4 is 11.1 Å². The van der Waals surface area contributed by atoms with Crippen LogP contribution in [0.5, 0.6) is 0 Å². The van der Waals surface area contributed by atoms with Gasteiger partial charge in [0.25, 0.3) is 5.91 Å². The lowest BCUT2D eigenvalue weighted by Crippen LogP contribution is -2.22. The first-order chi connectivity index (χ1) is 9.65. The molecule has 0 saturated heterocycles. The van der Waals surface area contributed by atoms with Gasteiger partial charge in [-0.05, 0) is 43.0 Å². The van der Waals surface area contributed by atoms with Crippen LogP contribution in [-0.2, 0) is 19.4 Å². The molecule has 20 heavy (non-hydrogen) atoms. The number of aryl methyl sites for hydroxylation is 2. The van der Waals surface area contributed by atoms with E-state index in [1.807, 2.05) is 0 Å². The highest BCUT2D eigenvalue weighted by atomic mass is 35.5. The second-order valence-corrected chi connectivity index (χ2v) is 6.51. The third-order valence-electron chi connectivity index (χ3n) is 3.49. The number of amides is 1. The van der Waals surface area contributed by atoms with Crippen molar-refractivity contribution in [2.45, 2.75) is 25.8 Å². The molecular formula is C15H15ClN2OS. The number of nitrogens with one attached hydrogen (secondary N) is 1. The average molecular weight is 307 g/mol. The number of benzene rings is 1. The maximum atomic E-state index is 12.1. The standard InChI is InChI=1S/C15H15ClN2OS/c16-14-11(4-2-5-12(14)17)15(19)18-8-10-7-9-3-1-6-13(9)20-10/h2,4-5,7H,1,3,6,8,17H2,(H,18,19). The molecule has 0 fully saturated rings. The molecule has 1 aromatic carbocycles. The highest BCUT2D eigenvalue weighted by Gasteiger charge is 2.16. The Morgan fingerprint density at radius 3 is 3.05 bits per heavy atom. The Hall–Kier alpha value is -1.52. The quantitative estimate of drug-likeness (QED) is 0.854.